The van der Waals surface area contributed by atoms with Crippen LogP contribution in [0.3, 0.4) is 0 Å². The van der Waals surface area contributed by atoms with Crippen molar-refractivity contribution in [3.8, 4) is 0 Å². The molecule has 0 aliphatic heterocycles. The van der Waals surface area contributed by atoms with Gasteiger partial charge in [0.1, 0.15) is 0 Å². The molecule has 0 heterocycles. The number of hydrogen-bond donors (Lipinski definition) is 1. The van der Waals surface area contributed by atoms with E-state index in [1.807, 2.05) is 31.2 Å². The summed E-state index contributed by atoms with van der Waals surface area (Å²) in [6.07, 6.45) is 4.13. The first-order valence-electron chi connectivity index (χ1n) is 6.41. The minimum atomic E-state index is -0.745. The van der Waals surface area contributed by atoms with E-state index >= 15 is 0 Å². The van der Waals surface area contributed by atoms with Gasteiger partial charge in [-0.25, -0.2) is 0 Å². The van der Waals surface area contributed by atoms with E-state index in [1.165, 1.54) is 0 Å². The van der Waals surface area contributed by atoms with Crippen LogP contribution >= 0.6 is 0 Å². The lowest BCUT2D eigenvalue weighted by Gasteiger charge is -2.02. The van der Waals surface area contributed by atoms with Gasteiger partial charge in [0, 0.05) is 18.4 Å². The Kier molecular flexibility index (Phi) is 6.12. The molecule has 0 spiro atoms. The molecule has 1 aromatic carbocycles. The first-order chi connectivity index (χ1) is 8.59. The Bertz CT molecular complexity index is 393. The van der Waals surface area contributed by atoms with E-state index in [2.05, 4.69) is 0 Å². The van der Waals surface area contributed by atoms with E-state index in [1.54, 1.807) is 0 Å². The molecule has 1 N–H and O–H groups in total. The van der Waals surface area contributed by atoms with Gasteiger partial charge in [0.15, 0.2) is 5.78 Å². The lowest BCUT2D eigenvalue weighted by Crippen LogP contribution is -1.99. The number of carboxylic acid groups (broad SMARTS) is 1. The van der Waals surface area contributed by atoms with Crippen LogP contribution in [0.1, 0.15) is 54.4 Å². The van der Waals surface area contributed by atoms with Gasteiger partial charge in [-0.1, -0.05) is 42.7 Å². The lowest BCUT2D eigenvalue weighted by atomic mass is 10.0. The molecule has 0 aromatic heterocycles. The summed E-state index contributed by atoms with van der Waals surface area (Å²) in [6.45, 7) is 2.00. The number of carboxylic acids is 1. The largest absolute Gasteiger partial charge is 0.481 e. The van der Waals surface area contributed by atoms with Gasteiger partial charge in [0.05, 0.1) is 0 Å². The minimum absolute atomic E-state index is 0.174. The van der Waals surface area contributed by atoms with E-state index in [4.69, 9.17) is 5.11 Å². The van der Waals surface area contributed by atoms with Crippen LogP contribution in [-0.2, 0) is 4.79 Å². The van der Waals surface area contributed by atoms with Crippen molar-refractivity contribution < 1.29 is 14.7 Å². The predicted octanol–water partition coefficient (Wildman–Crippen LogP) is 3.60. The molecule has 0 fully saturated rings. The zero-order chi connectivity index (χ0) is 13.4. The Morgan fingerprint density at radius 1 is 0.944 bits per heavy atom. The number of carbonyl (C=O) groups excluding carboxylic acids is 1. The van der Waals surface area contributed by atoms with E-state index in [-0.39, 0.29) is 12.2 Å². The summed E-state index contributed by atoms with van der Waals surface area (Å²) in [4.78, 5) is 22.1. The fourth-order valence-electron chi connectivity index (χ4n) is 1.80. The second-order valence-corrected chi connectivity index (χ2v) is 4.60. The highest BCUT2D eigenvalue weighted by molar-refractivity contribution is 5.96. The van der Waals surface area contributed by atoms with Crippen molar-refractivity contribution in [2.45, 2.75) is 45.4 Å². The van der Waals surface area contributed by atoms with Crippen LogP contribution in [0.5, 0.6) is 0 Å². The fourth-order valence-corrected chi connectivity index (χ4v) is 1.80. The second kappa shape index (κ2) is 7.64. The maximum Gasteiger partial charge on any atom is 0.303 e. The molecule has 0 amide bonds. The van der Waals surface area contributed by atoms with Crippen molar-refractivity contribution in [1.29, 1.82) is 0 Å². The number of hydrogen-bond acceptors (Lipinski definition) is 2. The molecule has 0 atom stereocenters. The van der Waals surface area contributed by atoms with Gasteiger partial charge in [-0.15, -0.1) is 0 Å². The van der Waals surface area contributed by atoms with Crippen molar-refractivity contribution in [2.75, 3.05) is 0 Å². The standard InChI is InChI=1S/C15H20O3/c1-12-8-10-13(11-9-12)14(16)6-4-2-3-5-7-15(17)18/h8-11H,2-7H2,1H3,(H,17,18). The van der Waals surface area contributed by atoms with Crippen LogP contribution in [0.4, 0.5) is 0 Å². The number of aliphatic carboxylic acids is 1. The maximum atomic E-state index is 11.8. The van der Waals surface area contributed by atoms with Gasteiger partial charge in [0.2, 0.25) is 0 Å². The molecule has 0 bridgehead atoms. The van der Waals surface area contributed by atoms with Crippen LogP contribution < -0.4 is 0 Å². The molecule has 0 saturated heterocycles. The van der Waals surface area contributed by atoms with E-state index in [9.17, 15) is 9.59 Å². The van der Waals surface area contributed by atoms with Crippen molar-refractivity contribution in [3.63, 3.8) is 0 Å². The topological polar surface area (TPSA) is 54.4 Å². The molecule has 98 valence electrons. The molecule has 0 aliphatic carbocycles. The molecule has 1 aromatic rings. The first-order valence-corrected chi connectivity index (χ1v) is 6.41. The van der Waals surface area contributed by atoms with E-state index in [0.717, 1.165) is 30.4 Å². The number of rotatable bonds is 8. The monoisotopic (exact) mass is 248 g/mol. The number of unbranched alkanes of at least 4 members (excludes halogenated alkanes) is 3. The molecule has 0 radical (unpaired) electrons. The van der Waals surface area contributed by atoms with Gasteiger partial charge in [0.25, 0.3) is 0 Å². The molecule has 3 heteroatoms. The summed E-state index contributed by atoms with van der Waals surface area (Å²) in [5, 5.41) is 8.48. The Morgan fingerprint density at radius 3 is 2.06 bits per heavy atom. The summed E-state index contributed by atoms with van der Waals surface area (Å²) < 4.78 is 0. The summed E-state index contributed by atoms with van der Waals surface area (Å²) in [7, 11) is 0. The van der Waals surface area contributed by atoms with Crippen molar-refractivity contribution in [3.05, 3.63) is 35.4 Å². The molecular formula is C15H20O3. The van der Waals surface area contributed by atoms with Gasteiger partial charge >= 0.3 is 5.97 Å². The SMILES string of the molecule is Cc1ccc(C(=O)CCCCCCC(=O)O)cc1. The van der Waals surface area contributed by atoms with Crippen LogP contribution in [0, 0.1) is 6.92 Å². The maximum absolute atomic E-state index is 11.8. The normalized spacial score (nSPS) is 10.3. The summed E-state index contributed by atoms with van der Waals surface area (Å²) in [5.41, 5.74) is 1.92. The predicted molar refractivity (Wildman–Crippen MR) is 70.8 cm³/mol. The quantitative estimate of drug-likeness (QED) is 0.565. The zero-order valence-corrected chi connectivity index (χ0v) is 10.8. The third-order valence-corrected chi connectivity index (χ3v) is 2.92. The van der Waals surface area contributed by atoms with Crippen LogP contribution in [0.25, 0.3) is 0 Å². The number of Topliss-reactive ketones (excluding diaryl/α,β-unsaturated/α-hetero) is 1. The second-order valence-electron chi connectivity index (χ2n) is 4.60. The number of benzene rings is 1. The Morgan fingerprint density at radius 2 is 1.50 bits per heavy atom. The molecule has 0 saturated carbocycles. The molecular weight excluding hydrogens is 228 g/mol. The average Bonchev–Trinajstić information content (AvgIpc) is 2.34. The van der Waals surface area contributed by atoms with E-state index in [0.29, 0.717) is 12.8 Å². The number of aryl methyl sites for hydroxylation is 1. The number of ketones is 1. The van der Waals surface area contributed by atoms with Gasteiger partial charge in [-0.3, -0.25) is 9.59 Å². The van der Waals surface area contributed by atoms with Gasteiger partial charge in [-0.2, -0.15) is 0 Å². The average molecular weight is 248 g/mol. The Labute approximate surface area is 108 Å². The highest BCUT2D eigenvalue weighted by Crippen LogP contribution is 2.11. The van der Waals surface area contributed by atoms with Crippen molar-refractivity contribution in [2.24, 2.45) is 0 Å². The molecule has 3 nitrogen and oxygen atoms in total. The van der Waals surface area contributed by atoms with Gasteiger partial charge < -0.3 is 5.11 Å². The summed E-state index contributed by atoms with van der Waals surface area (Å²) >= 11 is 0. The Balaban J connectivity index is 2.17. The van der Waals surface area contributed by atoms with Crippen LogP contribution in [0.2, 0.25) is 0 Å². The van der Waals surface area contributed by atoms with E-state index < -0.39 is 5.97 Å². The highest BCUT2D eigenvalue weighted by Gasteiger charge is 2.05. The zero-order valence-electron chi connectivity index (χ0n) is 10.8. The third-order valence-electron chi connectivity index (χ3n) is 2.92. The Hall–Kier alpha value is -1.64. The molecule has 0 unspecified atom stereocenters. The third kappa shape index (κ3) is 5.62. The molecule has 18 heavy (non-hydrogen) atoms. The van der Waals surface area contributed by atoms with Crippen LogP contribution in [-0.4, -0.2) is 16.9 Å². The van der Waals surface area contributed by atoms with Crippen molar-refractivity contribution >= 4 is 11.8 Å². The van der Waals surface area contributed by atoms with Crippen molar-refractivity contribution in [1.82, 2.24) is 0 Å². The molecule has 1 rings (SSSR count). The highest BCUT2D eigenvalue weighted by atomic mass is 16.4. The smallest absolute Gasteiger partial charge is 0.303 e. The minimum Gasteiger partial charge on any atom is -0.481 e. The number of carbonyl (C=O) groups is 2. The summed E-state index contributed by atoms with van der Waals surface area (Å²) in [6, 6.07) is 7.62. The first kappa shape index (κ1) is 14.4. The van der Waals surface area contributed by atoms with Crippen LogP contribution in [0.15, 0.2) is 24.3 Å². The fraction of sp³-hybridized carbons (Fsp3) is 0.467. The van der Waals surface area contributed by atoms with Gasteiger partial charge in [-0.05, 0) is 19.8 Å². The summed E-state index contributed by atoms with van der Waals surface area (Å²) in [5.74, 6) is -0.570. The molecule has 0 aliphatic rings. The lowest BCUT2D eigenvalue weighted by molar-refractivity contribution is -0.137.